The second-order valence-electron chi connectivity index (χ2n) is 8.30. The molecule has 0 saturated heterocycles. The molecule has 0 bridgehead atoms. The lowest BCUT2D eigenvalue weighted by atomic mass is 9.85. The van der Waals surface area contributed by atoms with Crippen LogP contribution in [-0.2, 0) is 14.7 Å². The van der Waals surface area contributed by atoms with Gasteiger partial charge >= 0.3 is 5.97 Å². The Morgan fingerprint density at radius 3 is 2.19 bits per heavy atom. The molecule has 0 amide bonds. The van der Waals surface area contributed by atoms with Gasteiger partial charge in [-0.15, -0.1) is 0 Å². The molecule has 0 spiro atoms. The average molecular weight is 436 g/mol. The zero-order chi connectivity index (χ0) is 22.3. The van der Waals surface area contributed by atoms with Crippen LogP contribution in [0.2, 0.25) is 0 Å². The largest absolute Gasteiger partial charge is 0.444 e. The molecule has 31 heavy (non-hydrogen) atoms. The molecule has 3 aromatic rings. The Morgan fingerprint density at radius 1 is 0.903 bits per heavy atom. The Hall–Kier alpha value is -2.68. The number of para-hydroxylation sites is 1. The van der Waals surface area contributed by atoms with E-state index >= 15 is 0 Å². The predicted octanol–water partition coefficient (Wildman–Crippen LogP) is 6.32. The lowest BCUT2D eigenvalue weighted by molar-refractivity contribution is -0.134. The van der Waals surface area contributed by atoms with Gasteiger partial charge in [-0.3, -0.25) is 4.79 Å². The van der Waals surface area contributed by atoms with Crippen molar-refractivity contribution in [2.24, 2.45) is 0 Å². The number of rotatable bonds is 8. The summed E-state index contributed by atoms with van der Waals surface area (Å²) in [6, 6.07) is 25.2. The van der Waals surface area contributed by atoms with Crippen LogP contribution in [0.4, 0.5) is 0 Å². The van der Waals surface area contributed by atoms with Crippen molar-refractivity contribution >= 4 is 19.6 Å². The summed E-state index contributed by atoms with van der Waals surface area (Å²) in [6.45, 7) is 8.57. The molecule has 4 nitrogen and oxygen atoms in total. The van der Waals surface area contributed by atoms with E-state index in [0.717, 1.165) is 22.2 Å². The van der Waals surface area contributed by atoms with Crippen LogP contribution in [0.25, 0.3) is 0 Å². The standard InChI is InChI=1S/C26H29O4P/c1-20-15-16-24(23(19-20)26(2,3)4)29-25(27)17-18-28-31(22-13-9-6-10-14-22)30-21-11-7-5-8-12-21/h5-16,19H,17-18H2,1-4H3. The lowest BCUT2D eigenvalue weighted by Gasteiger charge is -2.23. The number of benzene rings is 3. The van der Waals surface area contributed by atoms with E-state index in [-0.39, 0.29) is 24.4 Å². The molecular formula is C26H29O4P. The molecule has 1 atom stereocenters. The van der Waals surface area contributed by atoms with Gasteiger partial charge in [0.25, 0.3) is 8.38 Å². The van der Waals surface area contributed by atoms with Crippen LogP contribution in [0.1, 0.15) is 38.3 Å². The summed E-state index contributed by atoms with van der Waals surface area (Å²) in [5.41, 5.74) is 2.03. The van der Waals surface area contributed by atoms with E-state index < -0.39 is 8.38 Å². The van der Waals surface area contributed by atoms with Crippen molar-refractivity contribution in [3.63, 3.8) is 0 Å². The van der Waals surface area contributed by atoms with Gasteiger partial charge in [0.05, 0.1) is 13.0 Å². The van der Waals surface area contributed by atoms with Gasteiger partial charge < -0.3 is 13.8 Å². The molecule has 3 rings (SSSR count). The number of hydrogen-bond donors (Lipinski definition) is 0. The van der Waals surface area contributed by atoms with E-state index in [1.54, 1.807) is 0 Å². The molecule has 0 saturated carbocycles. The van der Waals surface area contributed by atoms with Crippen LogP contribution in [0.5, 0.6) is 11.5 Å². The summed E-state index contributed by atoms with van der Waals surface area (Å²) in [5, 5.41) is 0.947. The number of hydrogen-bond acceptors (Lipinski definition) is 4. The Kier molecular flexibility index (Phi) is 7.84. The highest BCUT2D eigenvalue weighted by atomic mass is 31.2. The number of carbonyl (C=O) groups excluding carboxylic acids is 1. The Bertz CT molecular complexity index is 981. The molecule has 0 aliphatic rings. The van der Waals surface area contributed by atoms with Gasteiger partial charge in [0.2, 0.25) is 0 Å². The first-order chi connectivity index (χ1) is 14.8. The summed E-state index contributed by atoms with van der Waals surface area (Å²) >= 11 is 0. The van der Waals surface area contributed by atoms with Gasteiger partial charge in [-0.25, -0.2) is 0 Å². The second-order valence-corrected chi connectivity index (χ2v) is 9.78. The molecule has 0 heterocycles. The highest BCUT2D eigenvalue weighted by Gasteiger charge is 2.21. The SMILES string of the molecule is Cc1ccc(OC(=O)CCOP(Oc2ccccc2)c2ccccc2)c(C(C)(C)C)c1. The van der Waals surface area contributed by atoms with Gasteiger partial charge in [-0.05, 0) is 42.7 Å². The van der Waals surface area contributed by atoms with Gasteiger partial charge in [0.1, 0.15) is 11.5 Å². The summed E-state index contributed by atoms with van der Waals surface area (Å²) in [6.07, 6.45) is 0.140. The monoisotopic (exact) mass is 436 g/mol. The molecule has 3 aromatic carbocycles. The maximum absolute atomic E-state index is 12.5. The normalized spacial score (nSPS) is 12.3. The zero-order valence-corrected chi connectivity index (χ0v) is 19.4. The highest BCUT2D eigenvalue weighted by Crippen LogP contribution is 2.38. The summed E-state index contributed by atoms with van der Waals surface area (Å²) < 4.78 is 17.7. The third kappa shape index (κ3) is 6.92. The number of esters is 1. The molecule has 0 N–H and O–H groups in total. The number of ether oxygens (including phenoxy) is 1. The van der Waals surface area contributed by atoms with E-state index in [9.17, 15) is 4.79 Å². The topological polar surface area (TPSA) is 44.8 Å². The maximum Gasteiger partial charge on any atom is 0.313 e. The fourth-order valence-electron chi connectivity index (χ4n) is 2.98. The molecule has 0 aliphatic carbocycles. The molecule has 5 heteroatoms. The Balaban J connectivity index is 1.62. The van der Waals surface area contributed by atoms with Crippen molar-refractivity contribution in [2.45, 2.75) is 39.5 Å². The molecule has 0 aromatic heterocycles. The van der Waals surface area contributed by atoms with Crippen molar-refractivity contribution in [3.05, 3.63) is 90.0 Å². The van der Waals surface area contributed by atoms with Crippen molar-refractivity contribution < 1.29 is 18.6 Å². The average Bonchev–Trinajstić information content (AvgIpc) is 2.75. The first kappa shape index (κ1) is 23.0. The van der Waals surface area contributed by atoms with Gasteiger partial charge in [0.15, 0.2) is 0 Å². The van der Waals surface area contributed by atoms with Crippen LogP contribution < -0.4 is 14.6 Å². The first-order valence-electron chi connectivity index (χ1n) is 10.4. The Morgan fingerprint density at radius 2 is 1.55 bits per heavy atom. The van der Waals surface area contributed by atoms with Crippen molar-refractivity contribution in [3.8, 4) is 11.5 Å². The highest BCUT2D eigenvalue weighted by molar-refractivity contribution is 7.56. The lowest BCUT2D eigenvalue weighted by Crippen LogP contribution is -2.18. The quantitative estimate of drug-likeness (QED) is 0.235. The van der Waals surface area contributed by atoms with E-state index in [1.165, 1.54) is 0 Å². The first-order valence-corrected chi connectivity index (χ1v) is 11.5. The Labute approximate surface area is 186 Å². The smallest absolute Gasteiger partial charge is 0.313 e. The molecule has 0 radical (unpaired) electrons. The summed E-state index contributed by atoms with van der Waals surface area (Å²) in [4.78, 5) is 12.5. The molecule has 0 aliphatic heterocycles. The molecule has 0 fully saturated rings. The van der Waals surface area contributed by atoms with Crippen LogP contribution in [0.3, 0.4) is 0 Å². The summed E-state index contributed by atoms with van der Waals surface area (Å²) in [7, 11) is -1.36. The minimum Gasteiger partial charge on any atom is -0.444 e. The molecule has 1 unspecified atom stereocenters. The number of carbonyl (C=O) groups is 1. The van der Waals surface area contributed by atoms with Crippen LogP contribution in [0.15, 0.2) is 78.9 Å². The minimum atomic E-state index is -1.36. The molecular weight excluding hydrogens is 407 g/mol. The van der Waals surface area contributed by atoms with Gasteiger partial charge in [-0.1, -0.05) is 74.9 Å². The second kappa shape index (κ2) is 10.6. The molecule has 162 valence electrons. The van der Waals surface area contributed by atoms with Crippen LogP contribution in [0, 0.1) is 6.92 Å². The summed E-state index contributed by atoms with van der Waals surface area (Å²) in [5.74, 6) is 1.01. The van der Waals surface area contributed by atoms with Gasteiger partial charge in [-0.2, -0.15) is 0 Å². The van der Waals surface area contributed by atoms with Crippen molar-refractivity contribution in [2.75, 3.05) is 6.61 Å². The fraction of sp³-hybridized carbons (Fsp3) is 0.269. The van der Waals surface area contributed by atoms with Gasteiger partial charge in [0, 0.05) is 10.9 Å². The van der Waals surface area contributed by atoms with E-state index in [0.29, 0.717) is 5.75 Å². The fourth-order valence-corrected chi connectivity index (χ4v) is 4.28. The number of aryl methyl sites for hydroxylation is 1. The van der Waals surface area contributed by atoms with Crippen LogP contribution in [-0.4, -0.2) is 12.6 Å². The third-order valence-electron chi connectivity index (χ3n) is 4.58. The minimum absolute atomic E-state index is 0.122. The van der Waals surface area contributed by atoms with E-state index in [1.807, 2.05) is 79.7 Å². The van der Waals surface area contributed by atoms with E-state index in [4.69, 9.17) is 13.8 Å². The third-order valence-corrected chi connectivity index (χ3v) is 6.09. The van der Waals surface area contributed by atoms with Crippen molar-refractivity contribution in [1.82, 2.24) is 0 Å². The predicted molar refractivity (Wildman–Crippen MR) is 126 cm³/mol. The van der Waals surface area contributed by atoms with Crippen LogP contribution >= 0.6 is 8.38 Å². The maximum atomic E-state index is 12.5. The zero-order valence-electron chi connectivity index (χ0n) is 18.5. The van der Waals surface area contributed by atoms with Crippen molar-refractivity contribution in [1.29, 1.82) is 0 Å². The van der Waals surface area contributed by atoms with E-state index in [2.05, 4.69) is 26.8 Å².